The second-order valence-corrected chi connectivity index (χ2v) is 6.56. The molecule has 8 nitrogen and oxygen atoms in total. The molecule has 0 radical (unpaired) electrons. The first-order chi connectivity index (χ1) is 11.5. The second-order valence-electron chi connectivity index (χ2n) is 6.56. The SMILES string of the molecule is O=[N+]([O-])c1ccc(N/N=C2\CC3CCCCC2CC3)c([N+](=O)[O-])c1. The van der Waals surface area contributed by atoms with E-state index in [1.54, 1.807) is 0 Å². The predicted octanol–water partition coefficient (Wildman–Crippen LogP) is 4.26. The van der Waals surface area contributed by atoms with Gasteiger partial charge in [-0.3, -0.25) is 25.7 Å². The van der Waals surface area contributed by atoms with E-state index in [1.807, 2.05) is 0 Å². The first-order valence-electron chi connectivity index (χ1n) is 8.30. The Morgan fingerprint density at radius 3 is 2.58 bits per heavy atom. The van der Waals surface area contributed by atoms with Crippen molar-refractivity contribution < 1.29 is 9.85 Å². The number of nitro benzene ring substituents is 2. The molecule has 0 saturated heterocycles. The molecule has 2 atom stereocenters. The van der Waals surface area contributed by atoms with E-state index < -0.39 is 9.85 Å². The Labute approximate surface area is 139 Å². The van der Waals surface area contributed by atoms with Gasteiger partial charge in [0.25, 0.3) is 5.69 Å². The van der Waals surface area contributed by atoms with Crippen LogP contribution in [0.15, 0.2) is 23.3 Å². The average Bonchev–Trinajstić information content (AvgIpc) is 2.53. The monoisotopic (exact) mass is 332 g/mol. The predicted molar refractivity (Wildman–Crippen MR) is 90.1 cm³/mol. The lowest BCUT2D eigenvalue weighted by Crippen LogP contribution is -2.28. The van der Waals surface area contributed by atoms with Crippen LogP contribution in [0.1, 0.15) is 44.9 Å². The smallest absolute Gasteiger partial charge is 0.272 e. The zero-order chi connectivity index (χ0) is 17.1. The van der Waals surface area contributed by atoms with Crippen LogP contribution in [0.25, 0.3) is 0 Å². The van der Waals surface area contributed by atoms with Crippen LogP contribution in [0.3, 0.4) is 0 Å². The number of fused-ring (bicyclic) bond motifs is 5. The number of hydrazone groups is 1. The van der Waals surface area contributed by atoms with Crippen molar-refractivity contribution in [2.24, 2.45) is 16.9 Å². The molecule has 0 aliphatic heterocycles. The summed E-state index contributed by atoms with van der Waals surface area (Å²) >= 11 is 0. The molecule has 2 bridgehead atoms. The number of nitrogens with zero attached hydrogens (tertiary/aromatic N) is 3. The molecule has 3 saturated carbocycles. The van der Waals surface area contributed by atoms with E-state index in [-0.39, 0.29) is 17.1 Å². The lowest BCUT2D eigenvalue weighted by molar-refractivity contribution is -0.393. The van der Waals surface area contributed by atoms with Gasteiger partial charge in [0.2, 0.25) is 0 Å². The van der Waals surface area contributed by atoms with E-state index in [0.717, 1.165) is 31.0 Å². The molecule has 8 heteroatoms. The zero-order valence-corrected chi connectivity index (χ0v) is 13.3. The van der Waals surface area contributed by atoms with E-state index in [9.17, 15) is 20.2 Å². The van der Waals surface area contributed by atoms with Gasteiger partial charge in [0.1, 0.15) is 5.69 Å². The third-order valence-electron chi connectivity index (χ3n) is 5.02. The number of rotatable bonds is 4. The van der Waals surface area contributed by atoms with Gasteiger partial charge in [0.05, 0.1) is 15.9 Å². The van der Waals surface area contributed by atoms with Crippen molar-refractivity contribution in [2.75, 3.05) is 5.43 Å². The fourth-order valence-electron chi connectivity index (χ4n) is 3.70. The summed E-state index contributed by atoms with van der Waals surface area (Å²) in [5.41, 5.74) is 3.43. The normalized spacial score (nSPS) is 25.1. The van der Waals surface area contributed by atoms with Crippen molar-refractivity contribution in [3.8, 4) is 0 Å². The lowest BCUT2D eigenvalue weighted by Gasteiger charge is -2.33. The van der Waals surface area contributed by atoms with Crippen LogP contribution in [-0.4, -0.2) is 15.6 Å². The van der Waals surface area contributed by atoms with Crippen molar-refractivity contribution in [3.05, 3.63) is 38.4 Å². The molecule has 4 rings (SSSR count). The average molecular weight is 332 g/mol. The van der Waals surface area contributed by atoms with Crippen molar-refractivity contribution in [1.29, 1.82) is 0 Å². The molecule has 0 heterocycles. The van der Waals surface area contributed by atoms with Crippen LogP contribution in [-0.2, 0) is 0 Å². The maximum Gasteiger partial charge on any atom is 0.301 e. The highest BCUT2D eigenvalue weighted by Crippen LogP contribution is 2.36. The summed E-state index contributed by atoms with van der Waals surface area (Å²) < 4.78 is 0. The van der Waals surface area contributed by atoms with Gasteiger partial charge in [-0.15, -0.1) is 0 Å². The van der Waals surface area contributed by atoms with Crippen LogP contribution in [0, 0.1) is 32.1 Å². The Hall–Kier alpha value is -2.51. The fraction of sp³-hybridized carbons (Fsp3) is 0.562. The summed E-state index contributed by atoms with van der Waals surface area (Å²) in [6, 6.07) is 3.56. The van der Waals surface area contributed by atoms with E-state index in [0.29, 0.717) is 11.8 Å². The maximum absolute atomic E-state index is 11.2. The molecule has 1 aromatic carbocycles. The number of benzene rings is 1. The number of non-ortho nitro benzene ring substituents is 1. The number of nitrogens with one attached hydrogen (secondary N) is 1. The summed E-state index contributed by atoms with van der Waals surface area (Å²) in [4.78, 5) is 20.7. The van der Waals surface area contributed by atoms with Gasteiger partial charge in [-0.1, -0.05) is 19.3 Å². The molecule has 0 aromatic heterocycles. The van der Waals surface area contributed by atoms with E-state index in [1.165, 1.54) is 37.8 Å². The number of nitro groups is 2. The number of hydrogen-bond acceptors (Lipinski definition) is 6. The molecule has 3 fully saturated rings. The van der Waals surface area contributed by atoms with Crippen LogP contribution >= 0.6 is 0 Å². The Kier molecular flexibility index (Phi) is 4.73. The van der Waals surface area contributed by atoms with Crippen LogP contribution in [0.2, 0.25) is 0 Å². The topological polar surface area (TPSA) is 111 Å². The maximum atomic E-state index is 11.2. The summed E-state index contributed by atoms with van der Waals surface area (Å²) in [5, 5.41) is 26.4. The summed E-state index contributed by atoms with van der Waals surface area (Å²) in [6.07, 6.45) is 8.14. The molecule has 3 aliphatic carbocycles. The largest absolute Gasteiger partial charge is 0.301 e. The Morgan fingerprint density at radius 1 is 1.04 bits per heavy atom. The molecule has 0 amide bonds. The van der Waals surface area contributed by atoms with Gasteiger partial charge in [-0.05, 0) is 43.6 Å². The minimum Gasteiger partial charge on any atom is -0.272 e. The quantitative estimate of drug-likeness (QED) is 0.654. The van der Waals surface area contributed by atoms with Gasteiger partial charge < -0.3 is 0 Å². The van der Waals surface area contributed by atoms with Gasteiger partial charge in [0, 0.05) is 11.8 Å². The fourth-order valence-corrected chi connectivity index (χ4v) is 3.70. The Balaban J connectivity index is 1.82. The van der Waals surface area contributed by atoms with Crippen molar-refractivity contribution in [1.82, 2.24) is 0 Å². The van der Waals surface area contributed by atoms with E-state index >= 15 is 0 Å². The molecular weight excluding hydrogens is 312 g/mol. The van der Waals surface area contributed by atoms with Crippen molar-refractivity contribution in [2.45, 2.75) is 44.9 Å². The van der Waals surface area contributed by atoms with Gasteiger partial charge in [-0.25, -0.2) is 0 Å². The third-order valence-corrected chi connectivity index (χ3v) is 5.02. The van der Waals surface area contributed by atoms with Gasteiger partial charge in [0.15, 0.2) is 0 Å². The Bertz CT molecular complexity index is 685. The standard InChI is InChI=1S/C16H20N4O4/c21-19(22)13-7-8-14(16(10-13)20(23)24)17-18-15-9-11-3-1-2-4-12(15)6-5-11/h7-8,10-12,17H,1-6,9H2/b18-15+. The first-order valence-corrected chi connectivity index (χ1v) is 8.30. The molecule has 1 aromatic rings. The first kappa shape index (κ1) is 16.4. The van der Waals surface area contributed by atoms with Gasteiger partial charge >= 0.3 is 5.69 Å². The van der Waals surface area contributed by atoms with Gasteiger partial charge in [-0.2, -0.15) is 5.10 Å². The molecule has 3 aliphatic rings. The summed E-state index contributed by atoms with van der Waals surface area (Å²) in [5.74, 6) is 1.11. The highest BCUT2D eigenvalue weighted by Gasteiger charge is 2.29. The summed E-state index contributed by atoms with van der Waals surface area (Å²) in [7, 11) is 0. The number of anilines is 1. The minimum absolute atomic E-state index is 0.191. The minimum atomic E-state index is -0.642. The molecule has 24 heavy (non-hydrogen) atoms. The van der Waals surface area contributed by atoms with Crippen molar-refractivity contribution >= 4 is 22.8 Å². The highest BCUT2D eigenvalue weighted by molar-refractivity contribution is 5.88. The van der Waals surface area contributed by atoms with Crippen molar-refractivity contribution in [3.63, 3.8) is 0 Å². The summed E-state index contributed by atoms with van der Waals surface area (Å²) in [6.45, 7) is 0. The molecule has 128 valence electrons. The van der Waals surface area contributed by atoms with Crippen LogP contribution in [0.5, 0.6) is 0 Å². The Morgan fingerprint density at radius 2 is 1.83 bits per heavy atom. The molecular formula is C16H20N4O4. The molecule has 0 spiro atoms. The van der Waals surface area contributed by atoms with E-state index in [2.05, 4.69) is 10.5 Å². The third kappa shape index (κ3) is 3.52. The second kappa shape index (κ2) is 6.94. The van der Waals surface area contributed by atoms with E-state index in [4.69, 9.17) is 0 Å². The molecule has 1 N–H and O–H groups in total. The highest BCUT2D eigenvalue weighted by atomic mass is 16.6. The number of hydrogen-bond donors (Lipinski definition) is 1. The molecule has 2 unspecified atom stereocenters. The lowest BCUT2D eigenvalue weighted by atomic mass is 9.74. The van der Waals surface area contributed by atoms with Crippen LogP contribution in [0.4, 0.5) is 17.1 Å². The van der Waals surface area contributed by atoms with Crippen LogP contribution < -0.4 is 5.43 Å². The zero-order valence-electron chi connectivity index (χ0n) is 13.3.